The predicted octanol–water partition coefficient (Wildman–Crippen LogP) is 2.35. The van der Waals surface area contributed by atoms with E-state index in [0.717, 1.165) is 54.1 Å². The molecule has 0 unspecified atom stereocenters. The number of aryl methyl sites for hydroxylation is 2. The van der Waals surface area contributed by atoms with Crippen LogP contribution in [0.3, 0.4) is 0 Å². The molecule has 1 saturated heterocycles. The molecule has 1 N–H and O–H groups in total. The second-order valence-corrected chi connectivity index (χ2v) is 8.96. The predicted molar refractivity (Wildman–Crippen MR) is 104 cm³/mol. The number of nitrogens with one attached hydrogen (secondary N) is 1. The number of carbonyl (C=O) groups is 1. The molecule has 2 aliphatic rings. The molecule has 0 spiro atoms. The molecule has 1 amide bonds. The smallest absolute Gasteiger partial charge is 0.263 e. The molecule has 1 aliphatic heterocycles. The van der Waals surface area contributed by atoms with Gasteiger partial charge in [-0.25, -0.2) is 4.98 Å². The third-order valence-corrected chi connectivity index (χ3v) is 7.07. The van der Waals surface area contributed by atoms with E-state index in [0.29, 0.717) is 18.8 Å². The van der Waals surface area contributed by atoms with Crippen molar-refractivity contribution in [2.24, 2.45) is 0 Å². The lowest BCUT2D eigenvalue weighted by atomic mass is 10.2. The van der Waals surface area contributed by atoms with Crippen molar-refractivity contribution >= 4 is 39.2 Å². The minimum Gasteiger partial charge on any atom is -0.376 e. The highest BCUT2D eigenvalue weighted by Crippen LogP contribution is 2.35. The molecule has 0 aromatic carbocycles. The van der Waals surface area contributed by atoms with Gasteiger partial charge in [0.2, 0.25) is 5.91 Å². The second-order valence-electron chi connectivity index (χ2n) is 6.81. The zero-order valence-corrected chi connectivity index (χ0v) is 16.5. The Labute approximate surface area is 160 Å². The summed E-state index contributed by atoms with van der Waals surface area (Å²) in [6, 6.07) is 0. The fourth-order valence-electron chi connectivity index (χ4n) is 3.69. The lowest BCUT2D eigenvalue weighted by molar-refractivity contribution is -0.118. The third kappa shape index (κ3) is 3.54. The number of carbonyl (C=O) groups excluding carboxylic acids is 1. The van der Waals surface area contributed by atoms with E-state index in [1.165, 1.54) is 29.1 Å². The molecule has 0 radical (unpaired) electrons. The lowest BCUT2D eigenvalue weighted by Crippen LogP contribution is -2.29. The summed E-state index contributed by atoms with van der Waals surface area (Å²) in [6.45, 7) is 3.41. The Morgan fingerprint density at radius 1 is 1.42 bits per heavy atom. The van der Waals surface area contributed by atoms with Crippen molar-refractivity contribution in [3.8, 4) is 0 Å². The van der Waals surface area contributed by atoms with Crippen molar-refractivity contribution in [3.63, 3.8) is 0 Å². The highest BCUT2D eigenvalue weighted by molar-refractivity contribution is 7.99. The first kappa shape index (κ1) is 18.0. The number of nitrogens with zero attached hydrogens (tertiary/aromatic N) is 2. The highest BCUT2D eigenvalue weighted by atomic mass is 32.2. The number of rotatable bonds is 6. The van der Waals surface area contributed by atoms with Gasteiger partial charge < -0.3 is 10.1 Å². The van der Waals surface area contributed by atoms with Crippen molar-refractivity contribution in [2.45, 2.75) is 56.8 Å². The van der Waals surface area contributed by atoms with Gasteiger partial charge in [0.15, 0.2) is 5.16 Å². The van der Waals surface area contributed by atoms with Crippen LogP contribution in [-0.2, 0) is 28.9 Å². The van der Waals surface area contributed by atoms with Crippen molar-refractivity contribution < 1.29 is 9.53 Å². The summed E-state index contributed by atoms with van der Waals surface area (Å²) in [6.07, 6.45) is 5.31. The molecule has 8 heteroatoms. The van der Waals surface area contributed by atoms with Gasteiger partial charge in [-0.15, -0.1) is 11.3 Å². The van der Waals surface area contributed by atoms with Gasteiger partial charge in [0.25, 0.3) is 5.56 Å². The summed E-state index contributed by atoms with van der Waals surface area (Å²) in [5.41, 5.74) is 1.30. The molecule has 6 nitrogen and oxygen atoms in total. The largest absolute Gasteiger partial charge is 0.376 e. The minimum atomic E-state index is -0.0413. The van der Waals surface area contributed by atoms with Crippen LogP contribution in [0.4, 0.5) is 0 Å². The Kier molecular flexibility index (Phi) is 5.33. The van der Waals surface area contributed by atoms with Gasteiger partial charge in [-0.3, -0.25) is 14.2 Å². The summed E-state index contributed by atoms with van der Waals surface area (Å²) in [4.78, 5) is 31.4. The Hall–Kier alpha value is -1.38. The number of amides is 1. The zero-order valence-electron chi connectivity index (χ0n) is 14.9. The molecule has 3 heterocycles. The normalized spacial score (nSPS) is 19.2. The summed E-state index contributed by atoms with van der Waals surface area (Å²) in [5, 5.41) is 4.36. The minimum absolute atomic E-state index is 0.0413. The summed E-state index contributed by atoms with van der Waals surface area (Å²) >= 11 is 3.20. The summed E-state index contributed by atoms with van der Waals surface area (Å²) in [7, 11) is 0. The van der Waals surface area contributed by atoms with Gasteiger partial charge in [0.05, 0.1) is 18.0 Å². The standard InChI is InChI=1S/C18H23N3O3S2/c1-11(22)19-7-9-25-18-20-16-15(13-5-2-6-14(13)26-16)17(23)21(18)10-12-4-3-8-24-12/h12H,2-10H2,1H3,(H,19,22)/t12-/m0/s1. The fourth-order valence-corrected chi connectivity index (χ4v) is 5.86. The number of thioether (sulfide) groups is 1. The molecule has 0 saturated carbocycles. The first-order chi connectivity index (χ1) is 12.6. The van der Waals surface area contributed by atoms with Crippen molar-refractivity contribution in [1.29, 1.82) is 0 Å². The topological polar surface area (TPSA) is 73.2 Å². The van der Waals surface area contributed by atoms with E-state index < -0.39 is 0 Å². The summed E-state index contributed by atoms with van der Waals surface area (Å²) < 4.78 is 7.57. The van der Waals surface area contributed by atoms with Crippen LogP contribution in [0, 0.1) is 0 Å². The number of thiophene rings is 1. The van der Waals surface area contributed by atoms with E-state index in [9.17, 15) is 9.59 Å². The lowest BCUT2D eigenvalue weighted by Gasteiger charge is -2.16. The van der Waals surface area contributed by atoms with Crippen LogP contribution in [0.5, 0.6) is 0 Å². The average molecular weight is 394 g/mol. The summed E-state index contributed by atoms with van der Waals surface area (Å²) in [5.74, 6) is 0.647. The molecular weight excluding hydrogens is 370 g/mol. The monoisotopic (exact) mass is 393 g/mol. The van der Waals surface area contributed by atoms with E-state index in [1.807, 2.05) is 4.57 Å². The van der Waals surface area contributed by atoms with E-state index in [2.05, 4.69) is 5.32 Å². The molecular formula is C18H23N3O3S2. The SMILES string of the molecule is CC(=O)NCCSc1nc2sc3c(c2c(=O)n1C[C@@H]1CCCO1)CCC3. The van der Waals surface area contributed by atoms with Crippen molar-refractivity contribution in [3.05, 3.63) is 20.8 Å². The Morgan fingerprint density at radius 2 is 2.31 bits per heavy atom. The van der Waals surface area contributed by atoms with Crippen LogP contribution in [-0.4, -0.2) is 40.5 Å². The quantitative estimate of drug-likeness (QED) is 0.463. The van der Waals surface area contributed by atoms with Gasteiger partial charge in [0.1, 0.15) is 4.83 Å². The van der Waals surface area contributed by atoms with Gasteiger partial charge in [-0.1, -0.05) is 11.8 Å². The van der Waals surface area contributed by atoms with Crippen LogP contribution < -0.4 is 10.9 Å². The number of ether oxygens (including phenoxy) is 1. The van der Waals surface area contributed by atoms with Crippen molar-refractivity contribution in [1.82, 2.24) is 14.9 Å². The molecule has 2 aromatic rings. The van der Waals surface area contributed by atoms with Gasteiger partial charge in [-0.05, 0) is 37.7 Å². The molecule has 26 heavy (non-hydrogen) atoms. The van der Waals surface area contributed by atoms with Crippen LogP contribution in [0.25, 0.3) is 10.2 Å². The number of fused-ring (bicyclic) bond motifs is 3. The van der Waals surface area contributed by atoms with Crippen LogP contribution in [0.15, 0.2) is 9.95 Å². The van der Waals surface area contributed by atoms with Gasteiger partial charge in [-0.2, -0.15) is 0 Å². The first-order valence-electron chi connectivity index (χ1n) is 9.17. The number of aromatic nitrogens is 2. The van der Waals surface area contributed by atoms with Crippen LogP contribution >= 0.6 is 23.1 Å². The maximum Gasteiger partial charge on any atom is 0.263 e. The van der Waals surface area contributed by atoms with Crippen molar-refractivity contribution in [2.75, 3.05) is 18.9 Å². The number of hydrogen-bond donors (Lipinski definition) is 1. The first-order valence-corrected chi connectivity index (χ1v) is 11.0. The average Bonchev–Trinajstić information content (AvgIpc) is 3.31. The molecule has 2 aromatic heterocycles. The Balaban J connectivity index is 1.67. The molecule has 1 aliphatic carbocycles. The van der Waals surface area contributed by atoms with E-state index in [-0.39, 0.29) is 17.6 Å². The second kappa shape index (κ2) is 7.70. The van der Waals surface area contributed by atoms with E-state index >= 15 is 0 Å². The molecule has 4 rings (SSSR count). The Bertz CT molecular complexity index is 884. The van der Waals surface area contributed by atoms with Crippen LogP contribution in [0.2, 0.25) is 0 Å². The Morgan fingerprint density at radius 3 is 3.08 bits per heavy atom. The van der Waals surface area contributed by atoms with E-state index in [1.54, 1.807) is 11.3 Å². The van der Waals surface area contributed by atoms with E-state index in [4.69, 9.17) is 9.72 Å². The molecule has 1 atom stereocenters. The maximum absolute atomic E-state index is 13.3. The third-order valence-electron chi connectivity index (χ3n) is 4.91. The molecule has 140 valence electrons. The highest BCUT2D eigenvalue weighted by Gasteiger charge is 2.25. The number of hydrogen-bond acceptors (Lipinski definition) is 6. The zero-order chi connectivity index (χ0) is 18.1. The van der Waals surface area contributed by atoms with Gasteiger partial charge >= 0.3 is 0 Å². The van der Waals surface area contributed by atoms with Gasteiger partial charge in [0, 0.05) is 30.7 Å². The molecule has 0 bridgehead atoms. The molecule has 1 fully saturated rings. The van der Waals surface area contributed by atoms with Crippen LogP contribution in [0.1, 0.15) is 36.6 Å². The maximum atomic E-state index is 13.3. The fraction of sp³-hybridized carbons (Fsp3) is 0.611.